The number of ether oxygens (including phenoxy) is 1. The molecule has 0 bridgehead atoms. The molecule has 3 aromatic heterocycles. The van der Waals surface area contributed by atoms with E-state index in [0.717, 1.165) is 56.2 Å². The molecule has 0 saturated carbocycles. The van der Waals surface area contributed by atoms with Gasteiger partial charge in [-0.15, -0.1) is 0 Å². The van der Waals surface area contributed by atoms with E-state index >= 15 is 0 Å². The molecule has 0 spiro atoms. The monoisotopic (exact) mass is 888 g/mol. The van der Waals surface area contributed by atoms with E-state index in [9.17, 15) is 45.5 Å². The van der Waals surface area contributed by atoms with Crippen LogP contribution in [0.15, 0.2) is 60.9 Å². The third-order valence-electron chi connectivity index (χ3n) is 10.9. The number of carboxylic acids is 1. The molecule has 338 valence electrons. The van der Waals surface area contributed by atoms with Crippen LogP contribution in [0, 0.1) is 0 Å². The molecule has 4 aromatic rings. The van der Waals surface area contributed by atoms with Crippen molar-refractivity contribution in [2.75, 3.05) is 43.4 Å². The van der Waals surface area contributed by atoms with Crippen LogP contribution in [-0.2, 0) is 25.4 Å². The van der Waals surface area contributed by atoms with Crippen LogP contribution in [0.4, 0.5) is 37.8 Å². The summed E-state index contributed by atoms with van der Waals surface area (Å²) in [5.41, 5.74) is 2.48. The highest BCUT2D eigenvalue weighted by atomic mass is 19.4. The van der Waals surface area contributed by atoms with Gasteiger partial charge >= 0.3 is 18.3 Å². The van der Waals surface area contributed by atoms with Crippen molar-refractivity contribution in [3.05, 3.63) is 83.4 Å². The second kappa shape index (κ2) is 19.4. The zero-order valence-electron chi connectivity index (χ0n) is 34.3. The molecular weight excluding hydrogens is 842 g/mol. The van der Waals surface area contributed by atoms with Crippen LogP contribution < -0.4 is 20.7 Å². The lowest BCUT2D eigenvalue weighted by Gasteiger charge is -2.35. The predicted molar refractivity (Wildman–Crippen MR) is 215 cm³/mol. The number of benzene rings is 1. The van der Waals surface area contributed by atoms with E-state index < -0.39 is 36.0 Å². The van der Waals surface area contributed by atoms with E-state index in [-0.39, 0.29) is 46.9 Å². The van der Waals surface area contributed by atoms with Gasteiger partial charge in [0.1, 0.15) is 29.0 Å². The van der Waals surface area contributed by atoms with Crippen LogP contribution in [-0.4, -0.2) is 110 Å². The Morgan fingerprint density at radius 2 is 1.54 bits per heavy atom. The molecule has 63 heavy (non-hydrogen) atoms. The van der Waals surface area contributed by atoms with Crippen molar-refractivity contribution < 1.29 is 60.2 Å². The minimum absolute atomic E-state index is 0.127. The van der Waals surface area contributed by atoms with Crippen molar-refractivity contribution in [2.45, 2.75) is 88.7 Å². The fourth-order valence-corrected chi connectivity index (χ4v) is 7.62. The Hall–Kier alpha value is -6.25. The number of nitrogens with one attached hydrogen (secondary N) is 3. The summed E-state index contributed by atoms with van der Waals surface area (Å²) in [4.78, 5) is 71.6. The Balaban J connectivity index is 0.000000871. The number of likely N-dealkylation sites (tertiary alicyclic amines) is 2. The normalized spacial score (nSPS) is 18.1. The minimum atomic E-state index is -5.08. The third kappa shape index (κ3) is 12.2. The number of anilines is 2. The lowest BCUT2D eigenvalue weighted by Crippen LogP contribution is -2.47. The van der Waals surface area contributed by atoms with Crippen molar-refractivity contribution in [2.24, 2.45) is 0 Å². The molecule has 7 rings (SSSR count). The molecule has 21 heteroatoms. The standard InChI is InChI=1S/C40H45F3N8O5.C2HF3O2/c1-24(2)56-32-20-35-45-31(22-51(35)21-29(32)38(54)47-34-5-3-4-33(46-34)40(41,42)43)27-12-16-49(17-13-27)23-37(53)50-18-14-26(15-19-50)25-6-8-28(9-7-25)44-30-10-11-36(52)48-39(30)55;3-2(4,5)1(6)7/h3-9,20-22,24,26-27,30,44H,10-19,23H2,1-2H3,(H,46,47,54)(H,48,52,55);(H,6,7). The van der Waals surface area contributed by atoms with Crippen LogP contribution in [0.5, 0.6) is 5.75 Å². The fraction of sp³-hybridized carbons (Fsp3) is 0.452. The number of alkyl halides is 6. The number of amides is 4. The first kappa shape index (κ1) is 46.3. The number of pyridine rings is 2. The summed E-state index contributed by atoms with van der Waals surface area (Å²) >= 11 is 0. The maximum Gasteiger partial charge on any atom is 0.490 e. The fourth-order valence-electron chi connectivity index (χ4n) is 7.62. The summed E-state index contributed by atoms with van der Waals surface area (Å²) in [6, 6.07) is 12.6. The second-order valence-electron chi connectivity index (χ2n) is 15.8. The number of aliphatic carboxylic acids is 1. The number of carbonyl (C=O) groups is 5. The van der Waals surface area contributed by atoms with Crippen molar-refractivity contribution in [1.29, 1.82) is 0 Å². The highest BCUT2D eigenvalue weighted by Crippen LogP contribution is 2.33. The van der Waals surface area contributed by atoms with Crippen LogP contribution >= 0.6 is 0 Å². The average molecular weight is 889 g/mol. The van der Waals surface area contributed by atoms with E-state index in [1.54, 1.807) is 16.7 Å². The Morgan fingerprint density at radius 3 is 2.14 bits per heavy atom. The third-order valence-corrected chi connectivity index (χ3v) is 10.9. The maximum atomic E-state index is 13.3. The molecule has 0 radical (unpaired) electrons. The maximum absolute atomic E-state index is 13.3. The topological polar surface area (TPSA) is 188 Å². The van der Waals surface area contributed by atoms with Gasteiger partial charge in [-0.05, 0) is 94.8 Å². The van der Waals surface area contributed by atoms with Gasteiger partial charge in [0, 0.05) is 49.6 Å². The molecule has 3 saturated heterocycles. The zero-order valence-corrected chi connectivity index (χ0v) is 34.3. The van der Waals surface area contributed by atoms with Gasteiger partial charge in [0.05, 0.1) is 23.9 Å². The first-order chi connectivity index (χ1) is 29.7. The number of hydrogen-bond acceptors (Lipinski definition) is 10. The summed E-state index contributed by atoms with van der Waals surface area (Å²) in [6.07, 6.45) is -2.44. The first-order valence-electron chi connectivity index (χ1n) is 20.3. The molecule has 4 amide bonds. The Labute approximate surface area is 357 Å². The number of carbonyl (C=O) groups excluding carboxylic acids is 4. The summed E-state index contributed by atoms with van der Waals surface area (Å²) in [5.74, 6) is -3.32. The van der Waals surface area contributed by atoms with Gasteiger partial charge in [-0.25, -0.2) is 14.8 Å². The van der Waals surface area contributed by atoms with Crippen molar-refractivity contribution in [1.82, 2.24) is 29.5 Å². The Bertz CT molecular complexity index is 2300. The Kier molecular flexibility index (Phi) is 14.3. The number of aromatic nitrogens is 3. The van der Waals surface area contributed by atoms with Crippen molar-refractivity contribution >= 4 is 46.8 Å². The van der Waals surface area contributed by atoms with Crippen LogP contribution in [0.25, 0.3) is 5.65 Å². The van der Waals surface area contributed by atoms with E-state index in [1.165, 1.54) is 17.7 Å². The molecule has 15 nitrogen and oxygen atoms in total. The van der Waals surface area contributed by atoms with Crippen molar-refractivity contribution in [3.8, 4) is 5.75 Å². The van der Waals surface area contributed by atoms with Gasteiger partial charge in [0.15, 0.2) is 0 Å². The average Bonchev–Trinajstić information content (AvgIpc) is 3.65. The molecular formula is C42H46F6N8O7. The molecule has 1 atom stereocenters. The summed E-state index contributed by atoms with van der Waals surface area (Å²) < 4.78 is 79.0. The molecule has 6 heterocycles. The van der Waals surface area contributed by atoms with E-state index in [1.807, 2.05) is 37.1 Å². The number of hydrogen-bond donors (Lipinski definition) is 4. The number of halogens is 6. The number of imidazole rings is 1. The van der Waals surface area contributed by atoms with Gasteiger partial charge in [0.25, 0.3) is 5.91 Å². The first-order valence-corrected chi connectivity index (χ1v) is 20.3. The largest absolute Gasteiger partial charge is 0.490 e. The van der Waals surface area contributed by atoms with Crippen molar-refractivity contribution in [3.63, 3.8) is 0 Å². The Morgan fingerprint density at radius 1 is 0.889 bits per heavy atom. The quantitative estimate of drug-likeness (QED) is 0.105. The number of rotatable bonds is 10. The number of imide groups is 1. The number of carboxylic acid groups (broad SMARTS) is 1. The van der Waals surface area contributed by atoms with Gasteiger partial charge in [0.2, 0.25) is 17.7 Å². The highest BCUT2D eigenvalue weighted by Gasteiger charge is 2.38. The van der Waals surface area contributed by atoms with Crippen LogP contribution in [0.1, 0.15) is 91.5 Å². The second-order valence-corrected chi connectivity index (χ2v) is 15.8. The smallest absolute Gasteiger partial charge is 0.490 e. The number of nitrogens with zero attached hydrogens (tertiary/aromatic N) is 5. The van der Waals surface area contributed by atoms with E-state index in [4.69, 9.17) is 19.6 Å². The summed E-state index contributed by atoms with van der Waals surface area (Å²) in [5, 5.41) is 15.2. The van der Waals surface area contributed by atoms with Crippen LogP contribution in [0.2, 0.25) is 0 Å². The minimum Gasteiger partial charge on any atom is -0.490 e. The SMILES string of the molecule is CC(C)Oc1cc2nc(C3CCN(CC(=O)N4CCC(c5ccc(NC6CCC(=O)NC6=O)cc5)CC4)CC3)cn2cc1C(=O)Nc1cccc(C(F)(F)F)n1.O=C(O)C(F)(F)F. The molecule has 1 aromatic carbocycles. The van der Waals surface area contributed by atoms with Gasteiger partial charge in [-0.2, -0.15) is 26.3 Å². The lowest BCUT2D eigenvalue weighted by molar-refractivity contribution is -0.192. The zero-order chi connectivity index (χ0) is 45.6. The summed E-state index contributed by atoms with van der Waals surface area (Å²) in [7, 11) is 0. The van der Waals surface area contributed by atoms with Gasteiger partial charge < -0.3 is 29.8 Å². The van der Waals surface area contributed by atoms with E-state index in [0.29, 0.717) is 44.0 Å². The molecule has 1 unspecified atom stereocenters. The lowest BCUT2D eigenvalue weighted by atomic mass is 9.89. The molecule has 4 N–H and O–H groups in total. The van der Waals surface area contributed by atoms with Crippen LogP contribution in [0.3, 0.4) is 0 Å². The highest BCUT2D eigenvalue weighted by molar-refractivity contribution is 6.06. The van der Waals surface area contributed by atoms with Gasteiger partial charge in [-0.3, -0.25) is 29.4 Å². The molecule has 3 fully saturated rings. The number of piperidine rings is 3. The molecule has 3 aliphatic heterocycles. The molecule has 3 aliphatic rings. The molecule has 0 aliphatic carbocycles. The van der Waals surface area contributed by atoms with Gasteiger partial charge in [-0.1, -0.05) is 18.2 Å². The number of fused-ring (bicyclic) bond motifs is 1. The van der Waals surface area contributed by atoms with E-state index in [2.05, 4.69) is 38.0 Å². The summed E-state index contributed by atoms with van der Waals surface area (Å²) in [6.45, 7) is 6.83. The predicted octanol–water partition coefficient (Wildman–Crippen LogP) is 6.22.